The van der Waals surface area contributed by atoms with Crippen LogP contribution in [-0.2, 0) is 6.61 Å². The van der Waals surface area contributed by atoms with E-state index in [2.05, 4.69) is 5.16 Å². The van der Waals surface area contributed by atoms with Crippen molar-refractivity contribution in [1.82, 2.24) is 0 Å². The minimum atomic E-state index is 0.0452. The zero-order valence-electron chi connectivity index (χ0n) is 11.0. The second kappa shape index (κ2) is 6.30. The SMILES string of the molecule is Cc1ccc(COc2cccc(/C(N)=N/O)c2)c(Cl)c1. The van der Waals surface area contributed by atoms with Crippen molar-refractivity contribution in [3.63, 3.8) is 0 Å². The van der Waals surface area contributed by atoms with Gasteiger partial charge in [-0.25, -0.2) is 0 Å². The third-order valence-corrected chi connectivity index (χ3v) is 3.19. The van der Waals surface area contributed by atoms with Gasteiger partial charge in [-0.2, -0.15) is 0 Å². The number of aryl methyl sites for hydroxylation is 1. The maximum absolute atomic E-state index is 8.65. The van der Waals surface area contributed by atoms with E-state index in [1.54, 1.807) is 24.3 Å². The lowest BCUT2D eigenvalue weighted by atomic mass is 10.1. The van der Waals surface area contributed by atoms with Gasteiger partial charge in [-0.1, -0.05) is 41.0 Å². The van der Waals surface area contributed by atoms with Gasteiger partial charge >= 0.3 is 0 Å². The summed E-state index contributed by atoms with van der Waals surface area (Å²) in [4.78, 5) is 0. The Morgan fingerprint density at radius 3 is 2.80 bits per heavy atom. The maximum Gasteiger partial charge on any atom is 0.170 e. The summed E-state index contributed by atoms with van der Waals surface area (Å²) in [5.41, 5.74) is 8.14. The Labute approximate surface area is 122 Å². The van der Waals surface area contributed by atoms with Crippen LogP contribution in [0.3, 0.4) is 0 Å². The van der Waals surface area contributed by atoms with Gasteiger partial charge in [0.2, 0.25) is 0 Å². The molecular formula is C15H15ClN2O2. The first-order valence-electron chi connectivity index (χ1n) is 6.06. The lowest BCUT2D eigenvalue weighted by molar-refractivity contribution is 0.306. The Hall–Kier alpha value is -2.20. The van der Waals surface area contributed by atoms with Crippen molar-refractivity contribution in [2.75, 3.05) is 0 Å². The summed E-state index contributed by atoms with van der Waals surface area (Å²) >= 11 is 6.15. The van der Waals surface area contributed by atoms with Crippen LogP contribution < -0.4 is 10.5 Å². The molecule has 0 bridgehead atoms. The molecule has 0 aliphatic carbocycles. The number of nitrogens with two attached hydrogens (primary N) is 1. The van der Waals surface area contributed by atoms with E-state index in [-0.39, 0.29) is 5.84 Å². The van der Waals surface area contributed by atoms with Crippen LogP contribution in [-0.4, -0.2) is 11.0 Å². The highest BCUT2D eigenvalue weighted by Gasteiger charge is 2.04. The van der Waals surface area contributed by atoms with Crippen molar-refractivity contribution >= 4 is 17.4 Å². The van der Waals surface area contributed by atoms with Gasteiger partial charge in [-0.3, -0.25) is 0 Å². The summed E-state index contributed by atoms with van der Waals surface area (Å²) in [5.74, 6) is 0.676. The highest BCUT2D eigenvalue weighted by molar-refractivity contribution is 6.31. The number of oxime groups is 1. The molecule has 0 amide bonds. The molecule has 5 heteroatoms. The van der Waals surface area contributed by atoms with Gasteiger partial charge in [0.05, 0.1) is 0 Å². The van der Waals surface area contributed by atoms with Crippen LogP contribution in [0.5, 0.6) is 5.75 Å². The van der Waals surface area contributed by atoms with Crippen molar-refractivity contribution < 1.29 is 9.94 Å². The summed E-state index contributed by atoms with van der Waals surface area (Å²) in [7, 11) is 0. The monoisotopic (exact) mass is 290 g/mol. The van der Waals surface area contributed by atoms with E-state index in [9.17, 15) is 0 Å². The maximum atomic E-state index is 8.65. The van der Waals surface area contributed by atoms with Crippen LogP contribution in [0, 0.1) is 6.92 Å². The van der Waals surface area contributed by atoms with Crippen LogP contribution in [0.15, 0.2) is 47.6 Å². The molecule has 4 nitrogen and oxygen atoms in total. The van der Waals surface area contributed by atoms with Crippen LogP contribution in [0.1, 0.15) is 16.7 Å². The van der Waals surface area contributed by atoms with Crippen molar-refractivity contribution in [2.45, 2.75) is 13.5 Å². The third-order valence-electron chi connectivity index (χ3n) is 2.84. The average Bonchev–Trinajstić information content (AvgIpc) is 2.46. The van der Waals surface area contributed by atoms with Crippen molar-refractivity contribution in [3.05, 3.63) is 64.2 Å². The summed E-state index contributed by atoms with van der Waals surface area (Å²) < 4.78 is 5.67. The van der Waals surface area contributed by atoms with Gasteiger partial charge in [0.15, 0.2) is 5.84 Å². The number of hydrogen-bond acceptors (Lipinski definition) is 3. The molecule has 0 aliphatic rings. The fourth-order valence-corrected chi connectivity index (χ4v) is 2.02. The molecule has 0 saturated carbocycles. The van der Waals surface area contributed by atoms with Crippen molar-refractivity contribution in [2.24, 2.45) is 10.9 Å². The highest BCUT2D eigenvalue weighted by atomic mass is 35.5. The Kier molecular flexibility index (Phi) is 4.48. The van der Waals surface area contributed by atoms with Gasteiger partial charge in [-0.05, 0) is 30.7 Å². The van der Waals surface area contributed by atoms with Gasteiger partial charge in [0.1, 0.15) is 12.4 Å². The number of benzene rings is 2. The number of amidine groups is 1. The van der Waals surface area contributed by atoms with E-state index >= 15 is 0 Å². The van der Waals surface area contributed by atoms with Gasteiger partial charge in [0, 0.05) is 16.1 Å². The Morgan fingerprint density at radius 2 is 2.10 bits per heavy atom. The highest BCUT2D eigenvalue weighted by Crippen LogP contribution is 2.20. The minimum absolute atomic E-state index is 0.0452. The fraction of sp³-hybridized carbons (Fsp3) is 0.133. The first kappa shape index (κ1) is 14.2. The molecular weight excluding hydrogens is 276 g/mol. The Balaban J connectivity index is 2.11. The van der Waals surface area contributed by atoms with E-state index in [0.717, 1.165) is 11.1 Å². The van der Waals surface area contributed by atoms with Crippen molar-refractivity contribution in [1.29, 1.82) is 0 Å². The fourth-order valence-electron chi connectivity index (χ4n) is 1.73. The molecule has 104 valence electrons. The van der Waals surface area contributed by atoms with E-state index in [1.165, 1.54) is 0 Å². The number of ether oxygens (including phenoxy) is 1. The lowest BCUT2D eigenvalue weighted by Crippen LogP contribution is -2.12. The summed E-state index contributed by atoms with van der Waals surface area (Å²) in [5, 5.41) is 12.3. The van der Waals surface area contributed by atoms with Crippen LogP contribution in [0.25, 0.3) is 0 Å². The summed E-state index contributed by atoms with van der Waals surface area (Å²) in [6.45, 7) is 2.34. The largest absolute Gasteiger partial charge is 0.489 e. The summed E-state index contributed by atoms with van der Waals surface area (Å²) in [6, 6.07) is 12.8. The summed E-state index contributed by atoms with van der Waals surface area (Å²) in [6.07, 6.45) is 0. The molecule has 0 aromatic heterocycles. The average molecular weight is 291 g/mol. The zero-order valence-corrected chi connectivity index (χ0v) is 11.8. The number of rotatable bonds is 4. The molecule has 0 heterocycles. The van der Waals surface area contributed by atoms with Gasteiger partial charge < -0.3 is 15.7 Å². The molecule has 3 N–H and O–H groups in total. The molecule has 0 saturated heterocycles. The zero-order chi connectivity index (χ0) is 14.5. The normalized spacial score (nSPS) is 11.4. The molecule has 0 fully saturated rings. The molecule has 2 aromatic rings. The molecule has 0 unspecified atom stereocenters. The smallest absolute Gasteiger partial charge is 0.170 e. The van der Waals surface area contributed by atoms with Crippen LogP contribution in [0.2, 0.25) is 5.02 Å². The third kappa shape index (κ3) is 3.42. The van der Waals surface area contributed by atoms with E-state index in [4.69, 9.17) is 27.3 Å². The minimum Gasteiger partial charge on any atom is -0.489 e. The van der Waals surface area contributed by atoms with Gasteiger partial charge in [-0.15, -0.1) is 0 Å². The van der Waals surface area contributed by atoms with Crippen molar-refractivity contribution in [3.8, 4) is 5.75 Å². The van der Waals surface area contributed by atoms with Crippen LogP contribution in [0.4, 0.5) is 0 Å². The first-order valence-corrected chi connectivity index (χ1v) is 6.43. The standard InChI is InChI=1S/C15H15ClN2O2/c1-10-5-6-12(14(16)7-10)9-20-13-4-2-3-11(8-13)15(17)18-19/h2-8,19H,9H2,1H3,(H2,17,18). The quantitative estimate of drug-likeness (QED) is 0.393. The molecule has 0 radical (unpaired) electrons. The Bertz CT molecular complexity index is 642. The topological polar surface area (TPSA) is 67.8 Å². The molecule has 20 heavy (non-hydrogen) atoms. The molecule has 0 aliphatic heterocycles. The van der Waals surface area contributed by atoms with Crippen LogP contribution >= 0.6 is 11.6 Å². The molecule has 2 aromatic carbocycles. The number of hydrogen-bond donors (Lipinski definition) is 2. The van der Waals surface area contributed by atoms with Gasteiger partial charge in [0.25, 0.3) is 0 Å². The number of nitrogens with zero attached hydrogens (tertiary/aromatic N) is 1. The number of halogens is 1. The van der Waals surface area contributed by atoms with E-state index < -0.39 is 0 Å². The molecule has 2 rings (SSSR count). The van der Waals surface area contributed by atoms with E-state index in [1.807, 2.05) is 25.1 Å². The predicted molar refractivity (Wildman–Crippen MR) is 79.5 cm³/mol. The molecule has 0 atom stereocenters. The Morgan fingerprint density at radius 1 is 1.30 bits per heavy atom. The van der Waals surface area contributed by atoms with E-state index in [0.29, 0.717) is 22.9 Å². The molecule has 0 spiro atoms. The lowest BCUT2D eigenvalue weighted by Gasteiger charge is -2.09. The second-order valence-electron chi connectivity index (χ2n) is 4.40. The predicted octanol–water partition coefficient (Wildman–Crippen LogP) is 3.32. The first-order chi connectivity index (χ1) is 9.60. The second-order valence-corrected chi connectivity index (χ2v) is 4.80.